The highest BCUT2D eigenvalue weighted by atomic mass is 16.2. The van der Waals surface area contributed by atoms with Gasteiger partial charge in [0.2, 0.25) is 29.5 Å². The van der Waals surface area contributed by atoms with E-state index < -0.39 is 53.7 Å². The van der Waals surface area contributed by atoms with Gasteiger partial charge in [-0.2, -0.15) is 0 Å². The monoisotopic (exact) mass is 683 g/mol. The Labute approximate surface area is 285 Å². The van der Waals surface area contributed by atoms with Gasteiger partial charge in [0.15, 0.2) is 5.96 Å². The highest BCUT2D eigenvalue weighted by molar-refractivity contribution is 5.95. The Kier molecular flexibility index (Phi) is 18.1. The van der Waals surface area contributed by atoms with Crippen LogP contribution in [0.15, 0.2) is 42.9 Å². The van der Waals surface area contributed by atoms with Crippen LogP contribution in [0.25, 0.3) is 0 Å². The van der Waals surface area contributed by atoms with E-state index in [-0.39, 0.29) is 38.1 Å². The van der Waals surface area contributed by atoms with Crippen LogP contribution in [0.1, 0.15) is 56.7 Å². The Morgan fingerprint density at radius 2 is 1.43 bits per heavy atom. The predicted octanol–water partition coefficient (Wildman–Crippen LogP) is -1.75. The normalized spacial score (nSPS) is 13.1. The molecule has 1 heterocycles. The van der Waals surface area contributed by atoms with E-state index in [1.165, 1.54) is 13.3 Å². The number of hydrogen-bond acceptors (Lipinski definition) is 9. The lowest BCUT2D eigenvalue weighted by Crippen LogP contribution is -2.59. The second-order valence-electron chi connectivity index (χ2n) is 11.4. The summed E-state index contributed by atoms with van der Waals surface area (Å²) in [5.74, 6) is -3.16. The van der Waals surface area contributed by atoms with E-state index in [2.05, 4.69) is 41.9 Å². The number of aromatic nitrogens is 2. The van der Waals surface area contributed by atoms with Crippen LogP contribution in [0.5, 0.6) is 0 Å². The molecule has 0 aliphatic rings. The average Bonchev–Trinajstić information content (AvgIpc) is 3.59. The lowest BCUT2D eigenvalue weighted by Gasteiger charge is -2.26. The number of aromatic amines is 1. The van der Waals surface area contributed by atoms with Gasteiger partial charge in [0, 0.05) is 45.5 Å². The summed E-state index contributed by atoms with van der Waals surface area (Å²) in [6, 6.07) is 4.51. The van der Waals surface area contributed by atoms with Crippen LogP contribution >= 0.6 is 0 Å². The summed E-state index contributed by atoms with van der Waals surface area (Å²) in [5.41, 5.74) is 12.1. The van der Waals surface area contributed by atoms with Gasteiger partial charge in [0.05, 0.1) is 12.0 Å². The molecule has 5 amide bonds. The Morgan fingerprint density at radius 1 is 0.816 bits per heavy atom. The maximum absolute atomic E-state index is 13.8. The Hall–Kier alpha value is -5.32. The number of H-pyrrole nitrogens is 1. The molecule has 17 nitrogen and oxygen atoms in total. The van der Waals surface area contributed by atoms with Gasteiger partial charge in [0.25, 0.3) is 0 Å². The van der Waals surface area contributed by atoms with Gasteiger partial charge < -0.3 is 53.1 Å². The van der Waals surface area contributed by atoms with Gasteiger partial charge in [-0.15, -0.1) is 0 Å². The standard InChI is InChI=1S/C32H49N11O6/c1-21(45)40-25(12-8-16-44)29(47)43-27(18-23-19-36-20-39-23)31(49)42-26(17-22-9-3-2-4-10-22)30(48)41-24(11-7-15-38-32(34)35)28(46)37-14-6-5-13-33/h2-4,9-10,16,19-20,24-27H,5-8,11-15,17-18,33H2,1H3,(H,36,39)(H,37,46)(H,40,45)(H,41,48)(H,42,49)(H,43,47)(H4,34,35,38)/t24-,25-,26+,27-/m0/s1. The Morgan fingerprint density at radius 3 is 2.02 bits per heavy atom. The molecular weight excluding hydrogens is 634 g/mol. The van der Waals surface area contributed by atoms with Crippen LogP contribution in [0, 0.1) is 5.41 Å². The number of nitrogens with zero attached hydrogens (tertiary/aromatic N) is 1. The van der Waals surface area contributed by atoms with Crippen molar-refractivity contribution in [2.24, 2.45) is 11.5 Å². The number of benzene rings is 1. The molecule has 0 bridgehead atoms. The fourth-order valence-corrected chi connectivity index (χ4v) is 4.85. The number of aldehydes is 1. The van der Waals surface area contributed by atoms with Crippen molar-refractivity contribution in [3.63, 3.8) is 0 Å². The molecule has 2 aromatic rings. The molecule has 268 valence electrons. The molecule has 49 heavy (non-hydrogen) atoms. The minimum Gasteiger partial charge on any atom is -0.370 e. The van der Waals surface area contributed by atoms with E-state index in [1.807, 2.05) is 6.07 Å². The second-order valence-corrected chi connectivity index (χ2v) is 11.4. The smallest absolute Gasteiger partial charge is 0.243 e. The predicted molar refractivity (Wildman–Crippen MR) is 182 cm³/mol. The quantitative estimate of drug-likeness (QED) is 0.0273. The molecule has 1 aromatic heterocycles. The minimum absolute atomic E-state index is 0.000491. The maximum Gasteiger partial charge on any atom is 0.243 e. The maximum atomic E-state index is 13.8. The first-order valence-corrected chi connectivity index (χ1v) is 16.2. The third-order valence-corrected chi connectivity index (χ3v) is 7.33. The van der Waals surface area contributed by atoms with Crippen LogP contribution < -0.4 is 43.4 Å². The Bertz CT molecular complexity index is 1360. The zero-order chi connectivity index (χ0) is 36.0. The van der Waals surface area contributed by atoms with Crippen molar-refractivity contribution in [1.82, 2.24) is 41.9 Å². The lowest BCUT2D eigenvalue weighted by molar-refractivity contribution is -0.134. The number of nitrogens with two attached hydrogens (primary N) is 2. The summed E-state index contributed by atoms with van der Waals surface area (Å²) in [4.78, 5) is 83.8. The molecule has 0 aliphatic carbocycles. The number of carbonyl (C=O) groups is 6. The summed E-state index contributed by atoms with van der Waals surface area (Å²) in [6.45, 7) is 2.36. The molecule has 0 aliphatic heterocycles. The van der Waals surface area contributed by atoms with Crippen LogP contribution in [0.3, 0.4) is 0 Å². The number of unbranched alkanes of at least 4 members (excludes halogenated alkanes) is 1. The molecule has 0 unspecified atom stereocenters. The van der Waals surface area contributed by atoms with Gasteiger partial charge in [-0.1, -0.05) is 30.3 Å². The summed E-state index contributed by atoms with van der Waals surface area (Å²) >= 11 is 0. The van der Waals surface area contributed by atoms with E-state index in [0.29, 0.717) is 50.9 Å². The minimum atomic E-state index is -1.23. The number of rotatable bonds is 23. The van der Waals surface area contributed by atoms with Gasteiger partial charge >= 0.3 is 0 Å². The van der Waals surface area contributed by atoms with Gasteiger partial charge in [-0.05, 0) is 44.2 Å². The van der Waals surface area contributed by atoms with E-state index in [0.717, 1.165) is 5.56 Å². The van der Waals surface area contributed by atoms with Crippen molar-refractivity contribution in [3.8, 4) is 0 Å². The number of nitrogens with one attached hydrogen (secondary N) is 8. The molecule has 0 fully saturated rings. The lowest BCUT2D eigenvalue weighted by atomic mass is 10.0. The fraction of sp³-hybridized carbons (Fsp3) is 0.500. The summed E-state index contributed by atoms with van der Waals surface area (Å²) in [6.07, 6.45) is 5.58. The van der Waals surface area contributed by atoms with E-state index in [4.69, 9.17) is 16.9 Å². The zero-order valence-corrected chi connectivity index (χ0v) is 27.8. The molecule has 4 atom stereocenters. The number of guanidine groups is 1. The highest BCUT2D eigenvalue weighted by Gasteiger charge is 2.31. The van der Waals surface area contributed by atoms with Crippen molar-refractivity contribution in [2.75, 3.05) is 19.6 Å². The molecule has 1 aromatic carbocycles. The van der Waals surface area contributed by atoms with Crippen LogP contribution in [-0.4, -0.2) is 95.6 Å². The topological polar surface area (TPSA) is 279 Å². The third kappa shape index (κ3) is 15.9. The molecular formula is C32H49N11O6. The van der Waals surface area contributed by atoms with Crippen molar-refractivity contribution in [3.05, 3.63) is 54.1 Å². The third-order valence-electron chi connectivity index (χ3n) is 7.33. The number of amides is 5. The van der Waals surface area contributed by atoms with Crippen molar-refractivity contribution >= 4 is 41.8 Å². The molecule has 2 rings (SSSR count). The van der Waals surface area contributed by atoms with Gasteiger partial charge in [-0.3, -0.25) is 29.4 Å². The van der Waals surface area contributed by atoms with E-state index >= 15 is 0 Å². The largest absolute Gasteiger partial charge is 0.370 e. The number of imidazole rings is 1. The summed E-state index contributed by atoms with van der Waals surface area (Å²) in [5, 5.41) is 23.5. The van der Waals surface area contributed by atoms with Crippen LogP contribution in [0.4, 0.5) is 0 Å². The van der Waals surface area contributed by atoms with Crippen molar-refractivity contribution in [1.29, 1.82) is 5.41 Å². The molecule has 12 N–H and O–H groups in total. The second kappa shape index (κ2) is 22.3. The molecule has 0 radical (unpaired) electrons. The van der Waals surface area contributed by atoms with Crippen LogP contribution in [-0.2, 0) is 41.6 Å². The molecule has 0 spiro atoms. The van der Waals surface area contributed by atoms with Gasteiger partial charge in [-0.25, -0.2) is 4.98 Å². The van der Waals surface area contributed by atoms with Crippen molar-refractivity contribution in [2.45, 2.75) is 82.5 Å². The highest BCUT2D eigenvalue weighted by Crippen LogP contribution is 2.08. The summed E-state index contributed by atoms with van der Waals surface area (Å²) < 4.78 is 0. The first kappa shape index (κ1) is 39.9. The number of hydrogen-bond donors (Lipinski definition) is 10. The first-order valence-electron chi connectivity index (χ1n) is 16.2. The zero-order valence-electron chi connectivity index (χ0n) is 27.8. The van der Waals surface area contributed by atoms with E-state index in [9.17, 15) is 28.8 Å². The summed E-state index contributed by atoms with van der Waals surface area (Å²) in [7, 11) is 0. The Balaban J connectivity index is 2.32. The van der Waals surface area contributed by atoms with Crippen molar-refractivity contribution < 1.29 is 28.8 Å². The number of carbonyl (C=O) groups excluding carboxylic acids is 6. The SMILES string of the molecule is CC(=O)N[C@@H](CCC=O)C(=O)N[C@@H](Cc1c[nH]cn1)C(=O)N[C@H](Cc1ccccc1)C(=O)N[C@@H](CCCNC(=N)N)C(=O)NCCCCN. The molecule has 0 saturated carbocycles. The first-order chi connectivity index (χ1) is 23.5. The molecule has 17 heteroatoms. The average molecular weight is 684 g/mol. The van der Waals surface area contributed by atoms with Gasteiger partial charge in [0.1, 0.15) is 30.5 Å². The van der Waals surface area contributed by atoms with Crippen LogP contribution in [0.2, 0.25) is 0 Å². The molecule has 0 saturated heterocycles. The fourth-order valence-electron chi connectivity index (χ4n) is 4.85. The van der Waals surface area contributed by atoms with E-state index in [1.54, 1.807) is 30.5 Å².